The molecule has 0 aliphatic carbocycles. The third-order valence-corrected chi connectivity index (χ3v) is 3.50. The van der Waals surface area contributed by atoms with E-state index >= 15 is 0 Å². The molecule has 1 aromatic rings. The van der Waals surface area contributed by atoms with Crippen molar-refractivity contribution in [2.75, 3.05) is 6.54 Å². The largest absolute Gasteiger partial charge is 0.393 e. The van der Waals surface area contributed by atoms with Gasteiger partial charge in [-0.1, -0.05) is 12.2 Å². The summed E-state index contributed by atoms with van der Waals surface area (Å²) in [6.45, 7) is 4.23. The fourth-order valence-corrected chi connectivity index (χ4v) is 1.96. The molecule has 1 aromatic carbocycles. The van der Waals surface area contributed by atoms with Crippen LogP contribution in [0.1, 0.15) is 30.6 Å². The molecule has 0 aliphatic heterocycles. The Bertz CT molecular complexity index is 494. The Labute approximate surface area is 126 Å². The van der Waals surface area contributed by atoms with Gasteiger partial charge >= 0.3 is 0 Å². The second-order valence-corrected chi connectivity index (χ2v) is 5.82. The summed E-state index contributed by atoms with van der Waals surface area (Å²) in [6.07, 6.45) is 0.457. The van der Waals surface area contributed by atoms with Gasteiger partial charge in [-0.25, -0.2) is 4.39 Å². The highest BCUT2D eigenvalue weighted by atomic mass is 79.9. The average Bonchev–Trinajstić information content (AvgIpc) is 2.31. The fourth-order valence-electron chi connectivity index (χ4n) is 1.62. The van der Waals surface area contributed by atoms with E-state index in [1.807, 2.05) is 13.8 Å². The first-order valence-electron chi connectivity index (χ1n) is 5.87. The molecule has 6 heteroatoms. The lowest BCUT2D eigenvalue weighted by atomic mass is 10.1. The Morgan fingerprint density at radius 2 is 2.16 bits per heavy atom. The summed E-state index contributed by atoms with van der Waals surface area (Å²) in [7, 11) is 0. The van der Waals surface area contributed by atoms with Crippen LogP contribution in [0.2, 0.25) is 0 Å². The SMILES string of the molecule is CC(C)N(CCC(N)=S)C(=O)c1ccc(Br)c(F)c1. The number of halogens is 2. The summed E-state index contributed by atoms with van der Waals surface area (Å²) in [5.74, 6) is -0.679. The minimum Gasteiger partial charge on any atom is -0.393 e. The number of carbonyl (C=O) groups excluding carboxylic acids is 1. The topological polar surface area (TPSA) is 46.3 Å². The van der Waals surface area contributed by atoms with E-state index in [0.29, 0.717) is 28.0 Å². The summed E-state index contributed by atoms with van der Waals surface area (Å²) >= 11 is 7.88. The van der Waals surface area contributed by atoms with Gasteiger partial charge in [-0.05, 0) is 48.0 Å². The van der Waals surface area contributed by atoms with Gasteiger partial charge in [0.2, 0.25) is 0 Å². The molecule has 0 atom stereocenters. The number of benzene rings is 1. The molecule has 104 valence electrons. The van der Waals surface area contributed by atoms with Crippen molar-refractivity contribution in [3.8, 4) is 0 Å². The molecular weight excluding hydrogens is 331 g/mol. The number of nitrogens with zero attached hydrogens (tertiary/aromatic N) is 1. The maximum Gasteiger partial charge on any atom is 0.254 e. The van der Waals surface area contributed by atoms with Gasteiger partial charge in [-0.15, -0.1) is 0 Å². The minimum atomic E-state index is -0.455. The lowest BCUT2D eigenvalue weighted by Gasteiger charge is -2.26. The molecule has 0 spiro atoms. The predicted octanol–water partition coefficient (Wildman–Crippen LogP) is 3.12. The van der Waals surface area contributed by atoms with Crippen LogP contribution in [0.15, 0.2) is 22.7 Å². The highest BCUT2D eigenvalue weighted by Crippen LogP contribution is 2.18. The normalized spacial score (nSPS) is 10.6. The van der Waals surface area contributed by atoms with Crippen molar-refractivity contribution < 1.29 is 9.18 Å². The Balaban J connectivity index is 2.92. The van der Waals surface area contributed by atoms with E-state index in [0.717, 1.165) is 0 Å². The maximum absolute atomic E-state index is 13.5. The second kappa shape index (κ2) is 6.96. The van der Waals surface area contributed by atoms with E-state index in [4.69, 9.17) is 18.0 Å². The van der Waals surface area contributed by atoms with Crippen LogP contribution in [-0.2, 0) is 0 Å². The molecule has 0 unspecified atom stereocenters. The van der Waals surface area contributed by atoms with Crippen LogP contribution >= 0.6 is 28.1 Å². The molecular formula is C13H16BrFN2OS. The molecule has 2 N–H and O–H groups in total. The predicted molar refractivity (Wildman–Crippen MR) is 81.7 cm³/mol. The first-order valence-corrected chi connectivity index (χ1v) is 7.07. The molecule has 0 bridgehead atoms. The zero-order chi connectivity index (χ0) is 14.6. The van der Waals surface area contributed by atoms with E-state index in [1.165, 1.54) is 12.1 Å². The summed E-state index contributed by atoms with van der Waals surface area (Å²) in [5, 5.41) is 0. The van der Waals surface area contributed by atoms with Gasteiger partial charge in [0.1, 0.15) is 5.82 Å². The van der Waals surface area contributed by atoms with Crippen molar-refractivity contribution in [3.05, 3.63) is 34.1 Å². The molecule has 0 aromatic heterocycles. The zero-order valence-electron chi connectivity index (χ0n) is 10.8. The van der Waals surface area contributed by atoms with Crippen LogP contribution in [-0.4, -0.2) is 28.4 Å². The standard InChI is InChI=1S/C13H16BrFN2OS/c1-8(2)17(6-5-12(16)19)13(18)9-3-4-10(14)11(15)7-9/h3-4,7-8H,5-6H2,1-2H3,(H2,16,19). The number of rotatable bonds is 5. The van der Waals surface area contributed by atoms with Gasteiger partial charge in [0.05, 0.1) is 9.46 Å². The summed E-state index contributed by atoms with van der Waals surface area (Å²) in [4.78, 5) is 14.3. The van der Waals surface area contributed by atoms with E-state index in [9.17, 15) is 9.18 Å². The minimum absolute atomic E-state index is 0.00596. The van der Waals surface area contributed by atoms with Gasteiger partial charge in [0.25, 0.3) is 5.91 Å². The zero-order valence-corrected chi connectivity index (χ0v) is 13.2. The average molecular weight is 347 g/mol. The number of amides is 1. The van der Waals surface area contributed by atoms with Gasteiger partial charge in [0.15, 0.2) is 0 Å². The smallest absolute Gasteiger partial charge is 0.254 e. The lowest BCUT2D eigenvalue weighted by molar-refractivity contribution is 0.0711. The monoisotopic (exact) mass is 346 g/mol. The van der Waals surface area contributed by atoms with Crippen molar-refractivity contribution in [2.24, 2.45) is 5.73 Å². The summed E-state index contributed by atoms with van der Waals surface area (Å²) in [6, 6.07) is 4.33. The summed E-state index contributed by atoms with van der Waals surface area (Å²) < 4.78 is 13.8. The van der Waals surface area contributed by atoms with Crippen molar-refractivity contribution in [2.45, 2.75) is 26.3 Å². The van der Waals surface area contributed by atoms with Crippen molar-refractivity contribution in [3.63, 3.8) is 0 Å². The fraction of sp³-hybridized carbons (Fsp3) is 0.385. The van der Waals surface area contributed by atoms with E-state index in [2.05, 4.69) is 15.9 Å². The Hall–Kier alpha value is -1.01. The number of carbonyl (C=O) groups is 1. The number of thiocarbonyl (C=S) groups is 1. The molecule has 0 aliphatic rings. The molecule has 3 nitrogen and oxygen atoms in total. The van der Waals surface area contributed by atoms with Crippen molar-refractivity contribution in [1.29, 1.82) is 0 Å². The van der Waals surface area contributed by atoms with Crippen LogP contribution in [0, 0.1) is 5.82 Å². The Morgan fingerprint density at radius 3 is 2.63 bits per heavy atom. The molecule has 0 saturated carbocycles. The second-order valence-electron chi connectivity index (χ2n) is 4.44. The van der Waals surface area contributed by atoms with E-state index < -0.39 is 5.82 Å². The third kappa shape index (κ3) is 4.54. The molecule has 0 saturated heterocycles. The van der Waals surface area contributed by atoms with Crippen molar-refractivity contribution >= 4 is 39.0 Å². The lowest BCUT2D eigenvalue weighted by Crippen LogP contribution is -2.39. The quantitative estimate of drug-likeness (QED) is 0.833. The van der Waals surface area contributed by atoms with E-state index in [1.54, 1.807) is 11.0 Å². The van der Waals surface area contributed by atoms with Gasteiger partial charge < -0.3 is 10.6 Å². The summed E-state index contributed by atoms with van der Waals surface area (Å²) in [5.41, 5.74) is 5.77. The van der Waals surface area contributed by atoms with E-state index in [-0.39, 0.29) is 11.9 Å². The highest BCUT2D eigenvalue weighted by molar-refractivity contribution is 9.10. The van der Waals surface area contributed by atoms with Gasteiger partial charge in [-0.2, -0.15) is 0 Å². The Morgan fingerprint density at radius 1 is 1.53 bits per heavy atom. The van der Waals surface area contributed by atoms with Crippen LogP contribution in [0.25, 0.3) is 0 Å². The van der Waals surface area contributed by atoms with Crippen LogP contribution in [0.4, 0.5) is 4.39 Å². The maximum atomic E-state index is 13.5. The Kier molecular flexibility index (Phi) is 5.87. The molecule has 1 rings (SSSR count). The molecule has 0 fully saturated rings. The van der Waals surface area contributed by atoms with Crippen LogP contribution in [0.5, 0.6) is 0 Å². The van der Waals surface area contributed by atoms with Crippen LogP contribution < -0.4 is 5.73 Å². The molecule has 19 heavy (non-hydrogen) atoms. The van der Waals surface area contributed by atoms with Crippen LogP contribution in [0.3, 0.4) is 0 Å². The van der Waals surface area contributed by atoms with Gasteiger partial charge in [-0.3, -0.25) is 4.79 Å². The first-order chi connectivity index (χ1) is 8.82. The molecule has 0 radical (unpaired) electrons. The molecule has 1 amide bonds. The van der Waals surface area contributed by atoms with Crippen molar-refractivity contribution in [1.82, 2.24) is 4.90 Å². The highest BCUT2D eigenvalue weighted by Gasteiger charge is 2.19. The number of hydrogen-bond acceptors (Lipinski definition) is 2. The number of hydrogen-bond donors (Lipinski definition) is 1. The van der Waals surface area contributed by atoms with Gasteiger partial charge in [0, 0.05) is 24.6 Å². The first kappa shape index (κ1) is 16.0. The third-order valence-electron chi connectivity index (χ3n) is 2.65. The molecule has 0 heterocycles. The number of nitrogens with two attached hydrogens (primary N) is 1.